The van der Waals surface area contributed by atoms with Gasteiger partial charge in [-0.15, -0.1) is 0 Å². The quantitative estimate of drug-likeness (QED) is 0.480. The molecule has 2 rings (SSSR count). The fraction of sp³-hybridized carbons (Fsp3) is 0.364. The SMILES string of the molecule is CN=C(NCCc1ccc(F)cc1)NCc1cccc(NC(=O)CC(C)C)c1. The predicted octanol–water partition coefficient (Wildman–Crippen LogP) is 3.72. The van der Waals surface area contributed by atoms with Crippen LogP contribution in [0.2, 0.25) is 0 Å². The lowest BCUT2D eigenvalue weighted by Gasteiger charge is -2.13. The molecule has 0 radical (unpaired) electrons. The third-order valence-electron chi connectivity index (χ3n) is 4.11. The third-order valence-corrected chi connectivity index (χ3v) is 4.11. The van der Waals surface area contributed by atoms with Gasteiger partial charge in [0, 0.05) is 32.2 Å². The maximum Gasteiger partial charge on any atom is 0.224 e. The van der Waals surface area contributed by atoms with Gasteiger partial charge in [-0.2, -0.15) is 0 Å². The summed E-state index contributed by atoms with van der Waals surface area (Å²) in [5, 5.41) is 9.44. The number of halogens is 1. The maximum atomic E-state index is 12.9. The Balaban J connectivity index is 1.80. The van der Waals surface area contributed by atoms with Crippen LogP contribution in [-0.2, 0) is 17.8 Å². The highest BCUT2D eigenvalue weighted by Crippen LogP contribution is 2.12. The second kappa shape index (κ2) is 11.1. The Kier molecular flexibility index (Phi) is 8.46. The first-order chi connectivity index (χ1) is 13.5. The van der Waals surface area contributed by atoms with Crippen LogP contribution in [0.15, 0.2) is 53.5 Å². The number of amides is 1. The highest BCUT2D eigenvalue weighted by Gasteiger charge is 2.06. The van der Waals surface area contributed by atoms with E-state index in [1.165, 1.54) is 12.1 Å². The van der Waals surface area contributed by atoms with Crippen molar-refractivity contribution in [2.45, 2.75) is 33.2 Å². The van der Waals surface area contributed by atoms with Crippen LogP contribution in [-0.4, -0.2) is 25.5 Å². The Morgan fingerprint density at radius 3 is 2.50 bits per heavy atom. The Labute approximate surface area is 166 Å². The zero-order valence-corrected chi connectivity index (χ0v) is 16.8. The summed E-state index contributed by atoms with van der Waals surface area (Å²) in [6.07, 6.45) is 1.28. The van der Waals surface area contributed by atoms with Gasteiger partial charge in [-0.1, -0.05) is 38.1 Å². The normalized spacial score (nSPS) is 11.4. The van der Waals surface area contributed by atoms with Gasteiger partial charge in [-0.25, -0.2) is 4.39 Å². The maximum absolute atomic E-state index is 12.9. The van der Waals surface area contributed by atoms with Gasteiger partial charge in [0.2, 0.25) is 5.91 Å². The van der Waals surface area contributed by atoms with Crippen molar-refractivity contribution in [1.29, 1.82) is 0 Å². The van der Waals surface area contributed by atoms with Crippen LogP contribution < -0.4 is 16.0 Å². The molecule has 3 N–H and O–H groups in total. The third kappa shape index (κ3) is 7.78. The summed E-state index contributed by atoms with van der Waals surface area (Å²) in [6, 6.07) is 14.3. The summed E-state index contributed by atoms with van der Waals surface area (Å²) >= 11 is 0. The summed E-state index contributed by atoms with van der Waals surface area (Å²) in [6.45, 7) is 5.32. The number of nitrogens with zero attached hydrogens (tertiary/aromatic N) is 1. The molecule has 28 heavy (non-hydrogen) atoms. The largest absolute Gasteiger partial charge is 0.356 e. The molecule has 0 fully saturated rings. The average Bonchev–Trinajstić information content (AvgIpc) is 2.65. The number of rotatable bonds is 8. The van der Waals surface area contributed by atoms with E-state index in [1.54, 1.807) is 19.2 Å². The van der Waals surface area contributed by atoms with Gasteiger partial charge in [0.15, 0.2) is 5.96 Å². The summed E-state index contributed by atoms with van der Waals surface area (Å²) in [5.41, 5.74) is 2.90. The van der Waals surface area contributed by atoms with Crippen molar-refractivity contribution >= 4 is 17.6 Å². The van der Waals surface area contributed by atoms with E-state index in [4.69, 9.17) is 0 Å². The van der Waals surface area contributed by atoms with Crippen LogP contribution >= 0.6 is 0 Å². The van der Waals surface area contributed by atoms with Crippen molar-refractivity contribution in [3.63, 3.8) is 0 Å². The molecule has 150 valence electrons. The van der Waals surface area contributed by atoms with Crippen LogP contribution in [0.25, 0.3) is 0 Å². The molecule has 0 aromatic heterocycles. The van der Waals surface area contributed by atoms with E-state index in [0.29, 0.717) is 31.4 Å². The molecule has 0 aliphatic carbocycles. The highest BCUT2D eigenvalue weighted by molar-refractivity contribution is 5.90. The van der Waals surface area contributed by atoms with Gasteiger partial charge >= 0.3 is 0 Å². The lowest BCUT2D eigenvalue weighted by atomic mass is 10.1. The molecule has 1 amide bonds. The van der Waals surface area contributed by atoms with Gasteiger partial charge in [-0.05, 0) is 47.7 Å². The van der Waals surface area contributed by atoms with Crippen LogP contribution in [0.5, 0.6) is 0 Å². The molecule has 0 saturated carbocycles. The molecule has 0 aliphatic heterocycles. The lowest BCUT2D eigenvalue weighted by Crippen LogP contribution is -2.37. The van der Waals surface area contributed by atoms with Gasteiger partial charge in [0.1, 0.15) is 5.82 Å². The Morgan fingerprint density at radius 2 is 1.82 bits per heavy atom. The van der Waals surface area contributed by atoms with Gasteiger partial charge in [0.05, 0.1) is 0 Å². The number of hydrogen-bond donors (Lipinski definition) is 3. The number of nitrogens with one attached hydrogen (secondary N) is 3. The topological polar surface area (TPSA) is 65.5 Å². The molecule has 2 aromatic rings. The fourth-order valence-electron chi connectivity index (χ4n) is 2.72. The van der Waals surface area contributed by atoms with E-state index in [2.05, 4.69) is 20.9 Å². The predicted molar refractivity (Wildman–Crippen MR) is 113 cm³/mol. The summed E-state index contributed by atoms with van der Waals surface area (Å²) in [5.74, 6) is 0.820. The van der Waals surface area contributed by atoms with Crippen molar-refractivity contribution in [1.82, 2.24) is 10.6 Å². The zero-order chi connectivity index (χ0) is 20.4. The Morgan fingerprint density at radius 1 is 1.07 bits per heavy atom. The minimum atomic E-state index is -0.225. The zero-order valence-electron chi connectivity index (χ0n) is 16.8. The smallest absolute Gasteiger partial charge is 0.224 e. The summed E-state index contributed by atoms with van der Waals surface area (Å²) < 4.78 is 12.9. The first-order valence-electron chi connectivity index (χ1n) is 9.54. The van der Waals surface area contributed by atoms with Crippen LogP contribution in [0, 0.1) is 11.7 Å². The minimum Gasteiger partial charge on any atom is -0.356 e. The number of anilines is 1. The summed E-state index contributed by atoms with van der Waals surface area (Å²) in [4.78, 5) is 16.1. The van der Waals surface area contributed by atoms with Gasteiger partial charge < -0.3 is 16.0 Å². The monoisotopic (exact) mass is 384 g/mol. The van der Waals surface area contributed by atoms with Crippen molar-refractivity contribution in [2.75, 3.05) is 18.9 Å². The van der Waals surface area contributed by atoms with E-state index < -0.39 is 0 Å². The molecule has 5 nitrogen and oxygen atoms in total. The number of benzene rings is 2. The molecule has 0 bridgehead atoms. The fourth-order valence-corrected chi connectivity index (χ4v) is 2.72. The van der Waals surface area contributed by atoms with Crippen molar-refractivity contribution in [2.24, 2.45) is 10.9 Å². The molecular formula is C22H29FN4O. The van der Waals surface area contributed by atoms with Crippen LogP contribution in [0.3, 0.4) is 0 Å². The molecule has 0 saturated heterocycles. The minimum absolute atomic E-state index is 0.0263. The number of carbonyl (C=O) groups excluding carboxylic acids is 1. The first-order valence-corrected chi connectivity index (χ1v) is 9.54. The van der Waals surface area contributed by atoms with E-state index in [1.807, 2.05) is 38.1 Å². The van der Waals surface area contributed by atoms with E-state index in [0.717, 1.165) is 23.2 Å². The Hall–Kier alpha value is -2.89. The van der Waals surface area contributed by atoms with Crippen LogP contribution in [0.4, 0.5) is 10.1 Å². The summed E-state index contributed by atoms with van der Waals surface area (Å²) in [7, 11) is 1.72. The second-order valence-corrected chi connectivity index (χ2v) is 7.08. The van der Waals surface area contributed by atoms with Gasteiger partial charge in [-0.3, -0.25) is 9.79 Å². The number of carbonyl (C=O) groups is 1. The number of aliphatic imine (C=N–C) groups is 1. The first kappa shape index (κ1) is 21.4. The standard InChI is InChI=1S/C22H29FN4O/c1-16(2)13-21(28)27-20-6-4-5-18(14-20)15-26-22(24-3)25-12-11-17-7-9-19(23)10-8-17/h4-10,14,16H,11-13,15H2,1-3H3,(H,27,28)(H2,24,25,26). The van der Waals surface area contributed by atoms with E-state index in [9.17, 15) is 9.18 Å². The Bertz CT molecular complexity index is 787. The second-order valence-electron chi connectivity index (χ2n) is 7.08. The number of hydrogen-bond acceptors (Lipinski definition) is 2. The molecule has 0 unspecified atom stereocenters. The molecule has 0 atom stereocenters. The molecular weight excluding hydrogens is 355 g/mol. The molecule has 0 heterocycles. The molecule has 2 aromatic carbocycles. The van der Waals surface area contributed by atoms with Gasteiger partial charge in [0.25, 0.3) is 0 Å². The van der Waals surface area contributed by atoms with Crippen LogP contribution in [0.1, 0.15) is 31.4 Å². The lowest BCUT2D eigenvalue weighted by molar-refractivity contribution is -0.116. The van der Waals surface area contributed by atoms with Crippen molar-refractivity contribution < 1.29 is 9.18 Å². The van der Waals surface area contributed by atoms with Crippen molar-refractivity contribution in [3.05, 3.63) is 65.5 Å². The van der Waals surface area contributed by atoms with E-state index in [-0.39, 0.29) is 11.7 Å². The molecule has 6 heteroatoms. The van der Waals surface area contributed by atoms with Crippen molar-refractivity contribution in [3.8, 4) is 0 Å². The average molecular weight is 384 g/mol. The molecule has 0 aliphatic rings. The van der Waals surface area contributed by atoms with E-state index >= 15 is 0 Å². The highest BCUT2D eigenvalue weighted by atomic mass is 19.1. The number of guanidine groups is 1. The molecule has 0 spiro atoms.